The fourth-order valence-electron chi connectivity index (χ4n) is 0. The molecule has 22 valence electrons. The molecule has 4 heavy (non-hydrogen) atoms. The van der Waals surface area contributed by atoms with Crippen LogP contribution < -0.4 is 0 Å². The molecule has 0 aliphatic carbocycles. The van der Waals surface area contributed by atoms with E-state index in [-0.39, 0.29) is 79.7 Å². The first-order valence-electron chi connectivity index (χ1n) is 0. The second-order valence-electron chi connectivity index (χ2n) is 0. The van der Waals surface area contributed by atoms with E-state index in [4.69, 9.17) is 0 Å². The second kappa shape index (κ2) is 17.6. The van der Waals surface area contributed by atoms with Crippen molar-refractivity contribution in [2.45, 2.75) is 0 Å². The molecular weight excluding hydrogens is 248 g/mol. The summed E-state index contributed by atoms with van der Waals surface area (Å²) in [6.07, 6.45) is 0. The van der Waals surface area contributed by atoms with Gasteiger partial charge in [-0.1, -0.05) is 0 Å². The summed E-state index contributed by atoms with van der Waals surface area (Å²) in [4.78, 5) is 0. The van der Waals surface area contributed by atoms with Crippen LogP contribution in [0.2, 0.25) is 0 Å². The smallest absolute Gasteiger partial charge is 0 e. The topological polar surface area (TPSA) is 0 Å². The fraction of sp³-hybridized carbons (Fsp3) is 0. The zero-order chi connectivity index (χ0) is 0. The third-order valence-corrected chi connectivity index (χ3v) is 0. The Balaban J connectivity index is 0. The summed E-state index contributed by atoms with van der Waals surface area (Å²) in [5, 5.41) is 0. The van der Waals surface area contributed by atoms with Crippen LogP contribution in [0.5, 0.6) is 0 Å². The van der Waals surface area contributed by atoms with E-state index in [1.807, 2.05) is 0 Å². The maximum atomic E-state index is 0. The first kappa shape index (κ1) is 31.0. The Morgan fingerprint density at radius 3 is 1.00 bits per heavy atom. The van der Waals surface area contributed by atoms with Crippen molar-refractivity contribution in [3.05, 3.63) is 0 Å². The Morgan fingerprint density at radius 1 is 1.00 bits per heavy atom. The van der Waals surface area contributed by atoms with Gasteiger partial charge >= 0.3 is 0 Å². The summed E-state index contributed by atoms with van der Waals surface area (Å²) < 4.78 is 0. The minimum atomic E-state index is 0. The van der Waals surface area contributed by atoms with Gasteiger partial charge in [-0.15, -0.1) is 0 Å². The van der Waals surface area contributed by atoms with Gasteiger partial charge in [0.15, 0.2) is 0 Å². The van der Waals surface area contributed by atoms with Crippen molar-refractivity contribution in [2.24, 2.45) is 0 Å². The molecule has 0 nitrogen and oxygen atoms in total. The van der Waals surface area contributed by atoms with Gasteiger partial charge in [-0.2, -0.15) is 0 Å². The molecule has 0 rings (SSSR count). The van der Waals surface area contributed by atoms with Crippen LogP contribution in [-0.4, -0.2) is 0 Å². The normalized spacial score (nSPS) is 0. The number of hydrogen-bond acceptors (Lipinski definition) is 0. The summed E-state index contributed by atoms with van der Waals surface area (Å²) in [6.45, 7) is 0. The molecule has 0 unspecified atom stereocenters. The summed E-state index contributed by atoms with van der Waals surface area (Å²) in [7, 11) is 0. The van der Waals surface area contributed by atoms with Crippen LogP contribution in [0.15, 0.2) is 0 Å². The first-order valence-corrected chi connectivity index (χ1v) is 0. The summed E-state index contributed by atoms with van der Waals surface area (Å²) in [6, 6.07) is 0. The molecule has 0 fully saturated rings. The Kier molecular flexibility index (Phi) is 137. The summed E-state index contributed by atoms with van der Waals surface area (Å²) >= 11 is 0. The van der Waals surface area contributed by atoms with Gasteiger partial charge < -0.3 is 0 Å². The molecule has 0 saturated carbocycles. The molecular formula is FeNbTiV. The molecule has 0 aromatic carbocycles. The van der Waals surface area contributed by atoms with E-state index in [2.05, 4.69) is 0 Å². The number of rotatable bonds is 0. The van der Waals surface area contributed by atoms with Gasteiger partial charge in [0.05, 0.1) is 0 Å². The summed E-state index contributed by atoms with van der Waals surface area (Å²) in [5.74, 6) is 0. The Hall–Kier alpha value is 2.56. The predicted molar refractivity (Wildman–Crippen MR) is 0 cm³/mol. The average molecular weight is 248 g/mol. The molecule has 0 aromatic rings. The zero-order valence-corrected chi connectivity index (χ0v) is 8.01. The van der Waals surface area contributed by atoms with Crippen LogP contribution in [0.3, 0.4) is 0 Å². The van der Waals surface area contributed by atoms with Gasteiger partial charge in [-0.3, -0.25) is 0 Å². The van der Waals surface area contributed by atoms with E-state index < -0.39 is 0 Å². The van der Waals surface area contributed by atoms with E-state index >= 15 is 0 Å². The molecule has 0 aliphatic heterocycles. The molecule has 0 saturated heterocycles. The molecule has 0 amide bonds. The van der Waals surface area contributed by atoms with Gasteiger partial charge in [0.1, 0.15) is 0 Å². The average Bonchev–Trinajstić information content (AvgIpc) is 0. The van der Waals surface area contributed by atoms with Crippen molar-refractivity contribution in [2.75, 3.05) is 0 Å². The summed E-state index contributed by atoms with van der Waals surface area (Å²) in [5.41, 5.74) is 0. The van der Waals surface area contributed by atoms with Gasteiger partial charge in [0, 0.05) is 79.7 Å². The van der Waals surface area contributed by atoms with Gasteiger partial charge in [-0.05, 0) is 0 Å². The van der Waals surface area contributed by atoms with Crippen molar-refractivity contribution in [3.63, 3.8) is 0 Å². The fourth-order valence-corrected chi connectivity index (χ4v) is 0. The minimum Gasteiger partial charge on any atom is 0 e. The predicted octanol–water partition coefficient (Wildman–Crippen LogP) is -0.0100. The third kappa shape index (κ3) is 8.82. The molecule has 0 aromatic heterocycles. The van der Waals surface area contributed by atoms with Crippen molar-refractivity contribution in [1.82, 2.24) is 0 Å². The van der Waals surface area contributed by atoms with Crippen LogP contribution >= 0.6 is 0 Å². The van der Waals surface area contributed by atoms with E-state index in [0.29, 0.717) is 0 Å². The molecule has 0 atom stereocenters. The SMILES string of the molecule is [Fe].[Nb].[Ti].[V]. The Labute approximate surface area is 78.6 Å². The van der Waals surface area contributed by atoms with E-state index in [1.54, 1.807) is 0 Å². The molecule has 0 bridgehead atoms. The van der Waals surface area contributed by atoms with Gasteiger partial charge in [0.25, 0.3) is 0 Å². The minimum absolute atomic E-state index is 0. The molecule has 2 radical (unpaired) electrons. The Bertz CT molecular complexity index is 8.00. The Morgan fingerprint density at radius 2 is 1.00 bits per heavy atom. The maximum Gasteiger partial charge on any atom is 0 e. The standard InChI is InChI=1S/Fe.Nb.Ti.V. The molecule has 0 N–H and O–H groups in total. The largest absolute Gasteiger partial charge is 0 e. The zero-order valence-electron chi connectivity index (χ0n) is 1.75. The van der Waals surface area contributed by atoms with E-state index in [1.165, 1.54) is 0 Å². The van der Waals surface area contributed by atoms with Crippen LogP contribution in [0.25, 0.3) is 0 Å². The number of hydrogen-bond donors (Lipinski definition) is 0. The molecule has 0 spiro atoms. The van der Waals surface area contributed by atoms with E-state index in [0.717, 1.165) is 0 Å². The first-order chi connectivity index (χ1) is 0. The van der Waals surface area contributed by atoms with Crippen LogP contribution in [0, 0.1) is 0 Å². The van der Waals surface area contributed by atoms with Crippen molar-refractivity contribution in [3.8, 4) is 0 Å². The van der Waals surface area contributed by atoms with E-state index in [9.17, 15) is 0 Å². The van der Waals surface area contributed by atoms with Crippen molar-refractivity contribution in [1.29, 1.82) is 0 Å². The molecule has 4 heteroatoms. The quantitative estimate of drug-likeness (QED) is 0.528. The van der Waals surface area contributed by atoms with Crippen molar-refractivity contribution >= 4 is 0 Å². The monoisotopic (exact) mass is 248 g/mol. The second-order valence-corrected chi connectivity index (χ2v) is 0. The van der Waals surface area contributed by atoms with Gasteiger partial charge in [-0.25, -0.2) is 0 Å². The van der Waals surface area contributed by atoms with Crippen LogP contribution in [-0.2, 0) is 79.7 Å². The van der Waals surface area contributed by atoms with Crippen molar-refractivity contribution < 1.29 is 79.7 Å². The van der Waals surface area contributed by atoms with Gasteiger partial charge in [0.2, 0.25) is 0 Å². The molecule has 0 heterocycles. The molecule has 0 aliphatic rings. The van der Waals surface area contributed by atoms with Crippen LogP contribution in [0.4, 0.5) is 0 Å². The van der Waals surface area contributed by atoms with Crippen LogP contribution in [0.1, 0.15) is 0 Å². The third-order valence-electron chi connectivity index (χ3n) is 0. The maximum absolute atomic E-state index is 0.